The van der Waals surface area contributed by atoms with Gasteiger partial charge in [0.25, 0.3) is 0 Å². The predicted molar refractivity (Wildman–Crippen MR) is 70.2 cm³/mol. The third kappa shape index (κ3) is 5.82. The molecule has 0 aromatic carbocycles. The Hall–Kier alpha value is -0.160. The van der Waals surface area contributed by atoms with Crippen molar-refractivity contribution in [3.8, 4) is 0 Å². The van der Waals surface area contributed by atoms with Crippen molar-refractivity contribution in [2.45, 2.75) is 44.9 Å². The number of hydrogen-bond donors (Lipinski definition) is 1. The molecule has 0 aromatic rings. The van der Waals surface area contributed by atoms with Crippen LogP contribution in [0.1, 0.15) is 26.7 Å². The van der Waals surface area contributed by atoms with Gasteiger partial charge in [0.15, 0.2) is 0 Å². The van der Waals surface area contributed by atoms with Gasteiger partial charge in [-0.3, -0.25) is 4.90 Å². The molecular weight excluding hydrogens is 216 g/mol. The Bertz CT molecular complexity index is 210. The van der Waals surface area contributed by atoms with Crippen LogP contribution in [0.15, 0.2) is 0 Å². The number of hydrogen-bond acceptors (Lipinski definition) is 4. The number of aliphatic hydroxyl groups excluding tert-OH is 1. The lowest BCUT2D eigenvalue weighted by molar-refractivity contribution is -0.0148. The van der Waals surface area contributed by atoms with Crippen LogP contribution >= 0.6 is 0 Å². The fourth-order valence-electron chi connectivity index (χ4n) is 2.27. The lowest BCUT2D eigenvalue weighted by Gasteiger charge is -2.37. The van der Waals surface area contributed by atoms with Gasteiger partial charge in [-0.2, -0.15) is 0 Å². The molecule has 0 amide bonds. The Morgan fingerprint density at radius 1 is 1.41 bits per heavy atom. The average Bonchev–Trinajstić information content (AvgIpc) is 2.26. The first kappa shape index (κ1) is 14.9. The van der Waals surface area contributed by atoms with Gasteiger partial charge < -0.3 is 14.7 Å². The molecule has 1 aliphatic heterocycles. The third-order valence-corrected chi connectivity index (χ3v) is 3.30. The summed E-state index contributed by atoms with van der Waals surface area (Å²) in [5.41, 5.74) is 0. The molecule has 2 unspecified atom stereocenters. The maximum absolute atomic E-state index is 9.89. The number of likely N-dealkylation sites (tertiary alicyclic amines) is 1. The Balaban J connectivity index is 2.25. The lowest BCUT2D eigenvalue weighted by atomic mass is 10.0. The van der Waals surface area contributed by atoms with E-state index in [2.05, 4.69) is 23.9 Å². The highest BCUT2D eigenvalue weighted by Gasteiger charge is 2.22. The fraction of sp³-hybridized carbons (Fsp3) is 1.00. The molecule has 1 aliphatic rings. The standard InChI is InChI=1S/C13H28N2O2/c1-11(2)17-10-13(16)9-15-7-5-6-12(8-15)14(3)4/h11-13,16H,5-10H2,1-4H3. The van der Waals surface area contributed by atoms with Crippen molar-refractivity contribution in [3.05, 3.63) is 0 Å². The Kier molecular flexibility index (Phi) is 6.41. The zero-order valence-corrected chi connectivity index (χ0v) is 11.7. The Labute approximate surface area is 106 Å². The van der Waals surface area contributed by atoms with Gasteiger partial charge in [0.1, 0.15) is 0 Å². The highest BCUT2D eigenvalue weighted by molar-refractivity contribution is 4.79. The molecule has 0 aromatic heterocycles. The molecule has 0 spiro atoms. The molecule has 1 fully saturated rings. The number of rotatable bonds is 6. The van der Waals surface area contributed by atoms with Crippen LogP contribution < -0.4 is 0 Å². The van der Waals surface area contributed by atoms with E-state index < -0.39 is 0 Å². The zero-order chi connectivity index (χ0) is 12.8. The minimum Gasteiger partial charge on any atom is -0.389 e. The molecule has 2 atom stereocenters. The van der Waals surface area contributed by atoms with Crippen LogP contribution in [0.3, 0.4) is 0 Å². The molecule has 1 rings (SSSR count). The van der Waals surface area contributed by atoms with E-state index in [1.807, 2.05) is 13.8 Å². The van der Waals surface area contributed by atoms with Crippen molar-refractivity contribution in [2.75, 3.05) is 40.3 Å². The molecule has 0 aliphatic carbocycles. The van der Waals surface area contributed by atoms with E-state index >= 15 is 0 Å². The number of likely N-dealkylation sites (N-methyl/N-ethyl adjacent to an activating group) is 1. The van der Waals surface area contributed by atoms with E-state index in [-0.39, 0.29) is 12.2 Å². The highest BCUT2D eigenvalue weighted by atomic mass is 16.5. The molecule has 0 saturated carbocycles. The quantitative estimate of drug-likeness (QED) is 0.750. The molecule has 1 heterocycles. The summed E-state index contributed by atoms with van der Waals surface area (Å²) in [6.07, 6.45) is 2.32. The summed E-state index contributed by atoms with van der Waals surface area (Å²) in [5.74, 6) is 0. The van der Waals surface area contributed by atoms with Gasteiger partial charge in [0.05, 0.1) is 18.8 Å². The monoisotopic (exact) mass is 244 g/mol. The summed E-state index contributed by atoms with van der Waals surface area (Å²) in [6.45, 7) is 7.33. The number of β-amino-alcohol motifs (C(OH)–C–C–N with tert-alkyl or cyclic N) is 1. The van der Waals surface area contributed by atoms with Crippen LogP contribution in [0.2, 0.25) is 0 Å². The molecule has 17 heavy (non-hydrogen) atoms. The molecule has 0 bridgehead atoms. The first-order valence-corrected chi connectivity index (χ1v) is 6.67. The van der Waals surface area contributed by atoms with Crippen molar-refractivity contribution in [1.82, 2.24) is 9.80 Å². The second-order valence-corrected chi connectivity index (χ2v) is 5.56. The van der Waals surface area contributed by atoms with Crippen LogP contribution in [0, 0.1) is 0 Å². The summed E-state index contributed by atoms with van der Waals surface area (Å²) >= 11 is 0. The maximum atomic E-state index is 9.89. The van der Waals surface area contributed by atoms with Gasteiger partial charge in [-0.05, 0) is 47.3 Å². The summed E-state index contributed by atoms with van der Waals surface area (Å²) in [7, 11) is 4.26. The van der Waals surface area contributed by atoms with Crippen molar-refractivity contribution in [3.63, 3.8) is 0 Å². The van der Waals surface area contributed by atoms with Crippen LogP contribution in [-0.2, 0) is 4.74 Å². The van der Waals surface area contributed by atoms with Crippen LogP contribution in [0.25, 0.3) is 0 Å². The minimum atomic E-state index is -0.363. The largest absolute Gasteiger partial charge is 0.389 e. The van der Waals surface area contributed by atoms with Crippen LogP contribution in [-0.4, -0.2) is 73.5 Å². The predicted octanol–water partition coefficient (Wildman–Crippen LogP) is 0.798. The van der Waals surface area contributed by atoms with Crippen molar-refractivity contribution < 1.29 is 9.84 Å². The fourth-order valence-corrected chi connectivity index (χ4v) is 2.27. The van der Waals surface area contributed by atoms with Gasteiger partial charge in [0.2, 0.25) is 0 Å². The highest BCUT2D eigenvalue weighted by Crippen LogP contribution is 2.13. The maximum Gasteiger partial charge on any atom is 0.0900 e. The zero-order valence-electron chi connectivity index (χ0n) is 11.7. The van der Waals surface area contributed by atoms with E-state index in [0.717, 1.165) is 19.6 Å². The van der Waals surface area contributed by atoms with Gasteiger partial charge in [-0.25, -0.2) is 0 Å². The summed E-state index contributed by atoms with van der Waals surface area (Å²) < 4.78 is 5.43. The van der Waals surface area contributed by atoms with Crippen molar-refractivity contribution >= 4 is 0 Å². The van der Waals surface area contributed by atoms with E-state index in [9.17, 15) is 5.11 Å². The first-order chi connectivity index (χ1) is 7.99. The summed E-state index contributed by atoms with van der Waals surface area (Å²) in [4.78, 5) is 4.63. The lowest BCUT2D eigenvalue weighted by Crippen LogP contribution is -2.48. The molecule has 1 saturated heterocycles. The normalized spacial score (nSPS) is 24.5. The van der Waals surface area contributed by atoms with E-state index in [4.69, 9.17) is 4.74 Å². The molecule has 4 heteroatoms. The molecule has 1 N–H and O–H groups in total. The number of aliphatic hydroxyl groups is 1. The van der Waals surface area contributed by atoms with E-state index in [1.54, 1.807) is 0 Å². The summed E-state index contributed by atoms with van der Waals surface area (Å²) in [5, 5.41) is 9.89. The second-order valence-electron chi connectivity index (χ2n) is 5.56. The number of piperidine rings is 1. The van der Waals surface area contributed by atoms with E-state index in [1.165, 1.54) is 12.8 Å². The second kappa shape index (κ2) is 7.31. The molecule has 0 radical (unpaired) electrons. The number of nitrogens with zero attached hydrogens (tertiary/aromatic N) is 2. The van der Waals surface area contributed by atoms with Crippen LogP contribution in [0.5, 0.6) is 0 Å². The third-order valence-electron chi connectivity index (χ3n) is 3.30. The van der Waals surface area contributed by atoms with Crippen molar-refractivity contribution in [2.24, 2.45) is 0 Å². The number of ether oxygens (including phenoxy) is 1. The van der Waals surface area contributed by atoms with Crippen LogP contribution in [0.4, 0.5) is 0 Å². The van der Waals surface area contributed by atoms with E-state index in [0.29, 0.717) is 12.6 Å². The Morgan fingerprint density at radius 3 is 2.71 bits per heavy atom. The molecular formula is C13H28N2O2. The smallest absolute Gasteiger partial charge is 0.0900 e. The minimum absolute atomic E-state index is 0.195. The topological polar surface area (TPSA) is 35.9 Å². The SMILES string of the molecule is CC(C)OCC(O)CN1CCCC(N(C)C)C1. The van der Waals surface area contributed by atoms with Gasteiger partial charge in [-0.1, -0.05) is 0 Å². The molecule has 102 valence electrons. The summed E-state index contributed by atoms with van der Waals surface area (Å²) in [6, 6.07) is 0.627. The van der Waals surface area contributed by atoms with Crippen molar-refractivity contribution in [1.29, 1.82) is 0 Å². The average molecular weight is 244 g/mol. The van der Waals surface area contributed by atoms with Gasteiger partial charge in [0, 0.05) is 19.1 Å². The Morgan fingerprint density at radius 2 is 2.12 bits per heavy atom. The van der Waals surface area contributed by atoms with Gasteiger partial charge >= 0.3 is 0 Å². The first-order valence-electron chi connectivity index (χ1n) is 6.67. The molecule has 4 nitrogen and oxygen atoms in total. The van der Waals surface area contributed by atoms with Gasteiger partial charge in [-0.15, -0.1) is 0 Å².